The van der Waals surface area contributed by atoms with Crippen LogP contribution in [0.1, 0.15) is 11.6 Å². The maximum Gasteiger partial charge on any atom is 0.160 e. The zero-order valence-corrected chi connectivity index (χ0v) is 9.92. The van der Waals surface area contributed by atoms with Crippen LogP contribution in [0.15, 0.2) is 18.2 Å². The Morgan fingerprint density at radius 2 is 2.31 bits per heavy atom. The Kier molecular flexibility index (Phi) is 4.86. The van der Waals surface area contributed by atoms with Gasteiger partial charge in [0.15, 0.2) is 11.5 Å². The van der Waals surface area contributed by atoms with Crippen molar-refractivity contribution in [2.75, 3.05) is 26.9 Å². The molecule has 4 nitrogen and oxygen atoms in total. The van der Waals surface area contributed by atoms with Crippen LogP contribution in [0.25, 0.3) is 0 Å². The molecule has 1 heterocycles. The van der Waals surface area contributed by atoms with E-state index in [1.807, 2.05) is 12.1 Å². The van der Waals surface area contributed by atoms with E-state index in [0.29, 0.717) is 12.4 Å². The molecule has 0 saturated carbocycles. The highest BCUT2D eigenvalue weighted by molar-refractivity contribution is 5.85. The molecule has 0 aliphatic carbocycles. The Balaban J connectivity index is 0.00000128. The number of morpholine rings is 1. The lowest BCUT2D eigenvalue weighted by molar-refractivity contribution is 0.0768. The average molecular weight is 246 g/mol. The van der Waals surface area contributed by atoms with Crippen molar-refractivity contribution in [1.82, 2.24) is 5.32 Å². The minimum Gasteiger partial charge on any atom is -0.504 e. The fourth-order valence-corrected chi connectivity index (χ4v) is 1.69. The summed E-state index contributed by atoms with van der Waals surface area (Å²) in [6.45, 7) is 2.27. The molecule has 0 bridgehead atoms. The van der Waals surface area contributed by atoms with Gasteiger partial charge >= 0.3 is 0 Å². The largest absolute Gasteiger partial charge is 0.504 e. The quantitative estimate of drug-likeness (QED) is 0.829. The molecule has 90 valence electrons. The second kappa shape index (κ2) is 5.94. The number of rotatable bonds is 2. The van der Waals surface area contributed by atoms with Crippen molar-refractivity contribution in [3.63, 3.8) is 0 Å². The molecule has 1 fully saturated rings. The number of hydrogen-bond donors (Lipinski definition) is 2. The molecule has 1 saturated heterocycles. The predicted octanol–water partition coefficient (Wildman–Crippen LogP) is 1.48. The van der Waals surface area contributed by atoms with Gasteiger partial charge < -0.3 is 19.9 Å². The van der Waals surface area contributed by atoms with E-state index in [0.717, 1.165) is 18.7 Å². The van der Waals surface area contributed by atoms with Gasteiger partial charge in [-0.2, -0.15) is 0 Å². The molecule has 1 aliphatic rings. The first-order chi connectivity index (χ1) is 7.31. The van der Waals surface area contributed by atoms with E-state index < -0.39 is 0 Å². The van der Waals surface area contributed by atoms with E-state index in [9.17, 15) is 5.11 Å². The first kappa shape index (κ1) is 13.1. The summed E-state index contributed by atoms with van der Waals surface area (Å²) in [5.41, 5.74) is 1.07. The van der Waals surface area contributed by atoms with Crippen molar-refractivity contribution >= 4 is 12.4 Å². The number of phenolic OH excluding ortho intramolecular Hbond substituents is 1. The zero-order chi connectivity index (χ0) is 10.7. The molecule has 1 aromatic carbocycles. The third-order valence-electron chi connectivity index (χ3n) is 2.53. The van der Waals surface area contributed by atoms with Crippen LogP contribution in [0.5, 0.6) is 11.5 Å². The van der Waals surface area contributed by atoms with Gasteiger partial charge in [0, 0.05) is 6.54 Å². The van der Waals surface area contributed by atoms with Gasteiger partial charge in [-0.1, -0.05) is 6.07 Å². The summed E-state index contributed by atoms with van der Waals surface area (Å²) in [5.74, 6) is 0.665. The van der Waals surface area contributed by atoms with Crippen molar-refractivity contribution in [2.24, 2.45) is 0 Å². The summed E-state index contributed by atoms with van der Waals surface area (Å²) in [6, 6.07) is 5.55. The molecule has 1 aromatic rings. The van der Waals surface area contributed by atoms with Gasteiger partial charge in [-0.3, -0.25) is 0 Å². The molecular formula is C11H16ClNO3. The summed E-state index contributed by atoms with van der Waals surface area (Å²) in [4.78, 5) is 0. The van der Waals surface area contributed by atoms with Gasteiger partial charge in [0.25, 0.3) is 0 Å². The minimum absolute atomic E-state index is 0. The maximum atomic E-state index is 9.46. The second-order valence-electron chi connectivity index (χ2n) is 3.51. The van der Waals surface area contributed by atoms with E-state index in [2.05, 4.69) is 5.32 Å². The first-order valence-electron chi connectivity index (χ1n) is 4.99. The predicted molar refractivity (Wildman–Crippen MR) is 63.5 cm³/mol. The first-order valence-corrected chi connectivity index (χ1v) is 4.99. The summed E-state index contributed by atoms with van der Waals surface area (Å²) in [7, 11) is 1.55. The fourth-order valence-electron chi connectivity index (χ4n) is 1.69. The van der Waals surface area contributed by atoms with E-state index in [1.165, 1.54) is 0 Å². The highest BCUT2D eigenvalue weighted by Crippen LogP contribution is 2.29. The van der Waals surface area contributed by atoms with Crippen LogP contribution in [0, 0.1) is 0 Å². The number of benzene rings is 1. The molecule has 2 rings (SSSR count). The SMILES string of the molecule is COc1cc([C@@H]2COCCN2)ccc1O.Cl. The zero-order valence-electron chi connectivity index (χ0n) is 9.10. The molecule has 0 amide bonds. The number of phenols is 1. The van der Waals surface area contributed by atoms with Crippen LogP contribution in [-0.4, -0.2) is 32.0 Å². The van der Waals surface area contributed by atoms with Crippen molar-refractivity contribution in [2.45, 2.75) is 6.04 Å². The highest BCUT2D eigenvalue weighted by atomic mass is 35.5. The number of ether oxygens (including phenoxy) is 2. The van der Waals surface area contributed by atoms with Crippen LogP contribution in [-0.2, 0) is 4.74 Å². The second-order valence-corrected chi connectivity index (χ2v) is 3.51. The molecule has 2 N–H and O–H groups in total. The van der Waals surface area contributed by atoms with Gasteiger partial charge in [0.2, 0.25) is 0 Å². The summed E-state index contributed by atoms with van der Waals surface area (Å²) >= 11 is 0. The standard InChI is InChI=1S/C11H15NO3.ClH/c1-14-11-6-8(2-3-10(11)13)9-7-15-5-4-12-9;/h2-3,6,9,12-13H,4-5,7H2,1H3;1H/t9-;/m0./s1. The van der Waals surface area contributed by atoms with Crippen LogP contribution < -0.4 is 10.1 Å². The lowest BCUT2D eigenvalue weighted by Crippen LogP contribution is -2.34. The Morgan fingerprint density at radius 3 is 2.94 bits per heavy atom. The topological polar surface area (TPSA) is 50.7 Å². The van der Waals surface area contributed by atoms with Crippen molar-refractivity contribution in [3.8, 4) is 11.5 Å². The minimum atomic E-state index is 0. The number of halogens is 1. The van der Waals surface area contributed by atoms with Gasteiger partial charge in [0.1, 0.15) is 0 Å². The highest BCUT2D eigenvalue weighted by Gasteiger charge is 2.16. The molecule has 0 radical (unpaired) electrons. The van der Waals surface area contributed by atoms with Crippen LogP contribution in [0.2, 0.25) is 0 Å². The molecule has 16 heavy (non-hydrogen) atoms. The third-order valence-corrected chi connectivity index (χ3v) is 2.53. The number of aromatic hydroxyl groups is 1. The number of hydrogen-bond acceptors (Lipinski definition) is 4. The van der Waals surface area contributed by atoms with Crippen molar-refractivity contribution < 1.29 is 14.6 Å². The maximum absolute atomic E-state index is 9.46. The monoisotopic (exact) mass is 245 g/mol. The van der Waals surface area contributed by atoms with Crippen LogP contribution in [0.4, 0.5) is 0 Å². The Morgan fingerprint density at radius 1 is 1.50 bits per heavy atom. The van der Waals surface area contributed by atoms with Gasteiger partial charge in [-0.15, -0.1) is 12.4 Å². The number of nitrogens with one attached hydrogen (secondary N) is 1. The molecular weight excluding hydrogens is 230 g/mol. The summed E-state index contributed by atoms with van der Waals surface area (Å²) < 4.78 is 10.4. The van der Waals surface area contributed by atoms with Gasteiger partial charge in [-0.05, 0) is 17.7 Å². The van der Waals surface area contributed by atoms with Crippen molar-refractivity contribution in [1.29, 1.82) is 0 Å². The molecule has 1 atom stereocenters. The lowest BCUT2D eigenvalue weighted by atomic mass is 10.1. The summed E-state index contributed by atoms with van der Waals surface area (Å²) in [6.07, 6.45) is 0. The molecule has 0 spiro atoms. The normalized spacial score (nSPS) is 19.9. The van der Waals surface area contributed by atoms with E-state index >= 15 is 0 Å². The van der Waals surface area contributed by atoms with E-state index in [1.54, 1.807) is 13.2 Å². The van der Waals surface area contributed by atoms with Gasteiger partial charge in [0.05, 0.1) is 26.4 Å². The Labute approximate surface area is 101 Å². The van der Waals surface area contributed by atoms with E-state index in [4.69, 9.17) is 9.47 Å². The summed E-state index contributed by atoms with van der Waals surface area (Å²) in [5, 5.41) is 12.8. The third kappa shape index (κ3) is 2.78. The molecule has 0 unspecified atom stereocenters. The Bertz CT molecular complexity index is 340. The molecule has 1 aliphatic heterocycles. The smallest absolute Gasteiger partial charge is 0.160 e. The Hall–Kier alpha value is -0.970. The molecule has 0 aromatic heterocycles. The van der Waals surface area contributed by atoms with Crippen LogP contribution >= 0.6 is 12.4 Å². The lowest BCUT2D eigenvalue weighted by Gasteiger charge is -2.24. The van der Waals surface area contributed by atoms with Crippen LogP contribution in [0.3, 0.4) is 0 Å². The van der Waals surface area contributed by atoms with Gasteiger partial charge in [-0.25, -0.2) is 0 Å². The fraction of sp³-hybridized carbons (Fsp3) is 0.455. The van der Waals surface area contributed by atoms with E-state index in [-0.39, 0.29) is 24.2 Å². The molecule has 5 heteroatoms. The van der Waals surface area contributed by atoms with Crippen molar-refractivity contribution in [3.05, 3.63) is 23.8 Å². The average Bonchev–Trinajstić information content (AvgIpc) is 2.31. The number of methoxy groups -OCH3 is 1.